The first-order chi connectivity index (χ1) is 10.1. The molecule has 0 saturated carbocycles. The molecule has 2 aromatic heterocycles. The molecule has 0 aliphatic heterocycles. The quantitative estimate of drug-likeness (QED) is 0.580. The molecule has 2 N–H and O–H groups in total. The third kappa shape index (κ3) is 3.21. The Morgan fingerprint density at radius 2 is 2.10 bits per heavy atom. The summed E-state index contributed by atoms with van der Waals surface area (Å²) in [5.74, 6) is 0.503. The number of nitrogens with zero attached hydrogens (tertiary/aromatic N) is 3. The van der Waals surface area contributed by atoms with Crippen molar-refractivity contribution >= 4 is 22.9 Å². The number of imidazole rings is 1. The van der Waals surface area contributed by atoms with Crippen LogP contribution in [0.4, 0.5) is 0 Å². The molecule has 116 valence electrons. The number of aromatic amines is 1. The molecule has 0 spiro atoms. The maximum Gasteiger partial charge on any atom is 0.329 e. The van der Waals surface area contributed by atoms with Gasteiger partial charge in [0.05, 0.1) is 6.61 Å². The van der Waals surface area contributed by atoms with Crippen molar-refractivity contribution in [2.24, 2.45) is 7.05 Å². The Morgan fingerprint density at radius 3 is 2.76 bits per heavy atom. The largest absolute Gasteiger partial charge is 0.396 e. The maximum absolute atomic E-state index is 12.1. The normalized spacial score (nSPS) is 11.4. The van der Waals surface area contributed by atoms with E-state index in [2.05, 4.69) is 16.9 Å². The van der Waals surface area contributed by atoms with Gasteiger partial charge in [0.15, 0.2) is 16.3 Å². The summed E-state index contributed by atoms with van der Waals surface area (Å²) in [7, 11) is 1.59. The number of aryl methyl sites for hydroxylation is 2. The minimum atomic E-state index is -0.468. The molecule has 0 aromatic carbocycles. The molecule has 0 bridgehead atoms. The molecule has 0 radical (unpaired) electrons. The standard InChI is InChI=1S/C13H20N4O3S/c1-3-4-5-6-17-9-10(14-13(17)21-8-7-18)16(2)12(20)15-11(9)19/h18H,3-8H2,1-2H3,(H,15,19,20). The van der Waals surface area contributed by atoms with Crippen molar-refractivity contribution in [2.75, 3.05) is 12.4 Å². The lowest BCUT2D eigenvalue weighted by atomic mass is 10.2. The molecule has 0 unspecified atom stereocenters. The van der Waals surface area contributed by atoms with Crippen LogP contribution in [0.5, 0.6) is 0 Å². The molecule has 0 fully saturated rings. The van der Waals surface area contributed by atoms with Crippen molar-refractivity contribution in [3.8, 4) is 0 Å². The van der Waals surface area contributed by atoms with Crippen LogP contribution < -0.4 is 11.2 Å². The number of nitrogens with one attached hydrogen (secondary N) is 1. The van der Waals surface area contributed by atoms with E-state index in [0.29, 0.717) is 28.6 Å². The number of hydrogen-bond donors (Lipinski definition) is 2. The second kappa shape index (κ2) is 6.95. The lowest BCUT2D eigenvalue weighted by molar-refractivity contribution is 0.322. The average Bonchev–Trinajstić information content (AvgIpc) is 2.82. The summed E-state index contributed by atoms with van der Waals surface area (Å²) in [5, 5.41) is 9.65. The number of fused-ring (bicyclic) bond motifs is 1. The van der Waals surface area contributed by atoms with Crippen molar-refractivity contribution in [3.63, 3.8) is 0 Å². The molecule has 2 rings (SSSR count). The van der Waals surface area contributed by atoms with Crippen molar-refractivity contribution in [2.45, 2.75) is 37.9 Å². The summed E-state index contributed by atoms with van der Waals surface area (Å²) in [5.41, 5.74) is -0.0632. The minimum absolute atomic E-state index is 0.0398. The molecule has 0 saturated heterocycles. The van der Waals surface area contributed by atoms with Crippen molar-refractivity contribution in [1.82, 2.24) is 19.1 Å². The van der Waals surface area contributed by atoms with Crippen LogP contribution >= 0.6 is 11.8 Å². The molecule has 0 atom stereocenters. The molecule has 0 aliphatic rings. The monoisotopic (exact) mass is 312 g/mol. The highest BCUT2D eigenvalue weighted by atomic mass is 32.2. The fourth-order valence-electron chi connectivity index (χ4n) is 2.19. The Balaban J connectivity index is 2.56. The van der Waals surface area contributed by atoms with E-state index in [1.807, 2.05) is 4.57 Å². The Kier molecular flexibility index (Phi) is 5.24. The number of H-pyrrole nitrogens is 1. The lowest BCUT2D eigenvalue weighted by Gasteiger charge is -2.07. The van der Waals surface area contributed by atoms with Gasteiger partial charge in [-0.15, -0.1) is 0 Å². The third-order valence-corrected chi connectivity index (χ3v) is 4.24. The first-order valence-electron chi connectivity index (χ1n) is 7.03. The number of rotatable bonds is 7. The van der Waals surface area contributed by atoms with Gasteiger partial charge in [-0.25, -0.2) is 9.78 Å². The summed E-state index contributed by atoms with van der Waals surface area (Å²) in [6.07, 6.45) is 3.09. The number of aromatic nitrogens is 4. The molecular formula is C13H20N4O3S. The van der Waals surface area contributed by atoms with Gasteiger partial charge in [0, 0.05) is 19.3 Å². The summed E-state index contributed by atoms with van der Waals surface area (Å²) in [6.45, 7) is 2.83. The Hall–Kier alpha value is -1.54. The number of aliphatic hydroxyl groups excluding tert-OH is 1. The second-order valence-electron chi connectivity index (χ2n) is 4.82. The van der Waals surface area contributed by atoms with E-state index in [1.165, 1.54) is 16.3 Å². The zero-order valence-corrected chi connectivity index (χ0v) is 13.1. The van der Waals surface area contributed by atoms with Crippen LogP contribution in [0.15, 0.2) is 14.7 Å². The van der Waals surface area contributed by atoms with Gasteiger partial charge in [-0.1, -0.05) is 31.5 Å². The van der Waals surface area contributed by atoms with E-state index in [-0.39, 0.29) is 6.61 Å². The second-order valence-corrected chi connectivity index (χ2v) is 5.88. The van der Waals surface area contributed by atoms with Crippen LogP contribution in [0.3, 0.4) is 0 Å². The van der Waals surface area contributed by atoms with Crippen LogP contribution in [-0.4, -0.2) is 36.6 Å². The summed E-state index contributed by atoms with van der Waals surface area (Å²) in [6, 6.07) is 0. The zero-order valence-electron chi connectivity index (χ0n) is 12.3. The van der Waals surface area contributed by atoms with Crippen LogP contribution in [0.1, 0.15) is 26.2 Å². The summed E-state index contributed by atoms with van der Waals surface area (Å²) < 4.78 is 3.19. The average molecular weight is 312 g/mol. The first kappa shape index (κ1) is 15.8. The van der Waals surface area contributed by atoms with Gasteiger partial charge >= 0.3 is 5.69 Å². The van der Waals surface area contributed by atoms with E-state index in [0.717, 1.165) is 19.3 Å². The molecule has 2 aromatic rings. The molecule has 0 amide bonds. The number of thioether (sulfide) groups is 1. The SMILES string of the molecule is CCCCCn1c(SCCO)nc2c1c(=O)[nH]c(=O)n2C. The Bertz CT molecular complexity index is 731. The molecule has 7 nitrogen and oxygen atoms in total. The number of unbranched alkanes of at least 4 members (excludes halogenated alkanes) is 2. The van der Waals surface area contributed by atoms with Crippen LogP contribution in [0.25, 0.3) is 11.2 Å². The highest BCUT2D eigenvalue weighted by Gasteiger charge is 2.17. The van der Waals surface area contributed by atoms with Gasteiger partial charge in [0.2, 0.25) is 0 Å². The van der Waals surface area contributed by atoms with Crippen molar-refractivity contribution in [3.05, 3.63) is 20.8 Å². The smallest absolute Gasteiger partial charge is 0.329 e. The van der Waals surface area contributed by atoms with Crippen LogP contribution in [0.2, 0.25) is 0 Å². The minimum Gasteiger partial charge on any atom is -0.396 e. The van der Waals surface area contributed by atoms with Gasteiger partial charge in [-0.05, 0) is 6.42 Å². The lowest BCUT2D eigenvalue weighted by Crippen LogP contribution is -2.29. The van der Waals surface area contributed by atoms with Gasteiger partial charge < -0.3 is 9.67 Å². The Labute approximate surface area is 126 Å². The zero-order chi connectivity index (χ0) is 15.4. The molecule has 8 heteroatoms. The third-order valence-electron chi connectivity index (χ3n) is 3.28. The van der Waals surface area contributed by atoms with Gasteiger partial charge in [0.1, 0.15) is 0 Å². The maximum atomic E-state index is 12.1. The van der Waals surface area contributed by atoms with Gasteiger partial charge in [-0.2, -0.15) is 0 Å². The molecule has 2 heterocycles. The predicted octanol–water partition coefficient (Wildman–Crippen LogP) is 0.698. The summed E-state index contributed by atoms with van der Waals surface area (Å²) in [4.78, 5) is 30.5. The van der Waals surface area contributed by atoms with E-state index in [4.69, 9.17) is 5.11 Å². The van der Waals surface area contributed by atoms with E-state index in [1.54, 1.807) is 7.05 Å². The highest BCUT2D eigenvalue weighted by molar-refractivity contribution is 7.99. The fourth-order valence-corrected chi connectivity index (χ4v) is 2.95. The first-order valence-corrected chi connectivity index (χ1v) is 8.02. The number of aliphatic hydroxyl groups is 1. The number of hydrogen-bond acceptors (Lipinski definition) is 5. The predicted molar refractivity (Wildman–Crippen MR) is 82.9 cm³/mol. The molecule has 0 aliphatic carbocycles. The van der Waals surface area contributed by atoms with Gasteiger partial charge in [0.25, 0.3) is 5.56 Å². The van der Waals surface area contributed by atoms with E-state index >= 15 is 0 Å². The fraction of sp³-hybridized carbons (Fsp3) is 0.615. The van der Waals surface area contributed by atoms with E-state index in [9.17, 15) is 9.59 Å². The van der Waals surface area contributed by atoms with Crippen LogP contribution in [0, 0.1) is 0 Å². The van der Waals surface area contributed by atoms with Crippen molar-refractivity contribution < 1.29 is 5.11 Å². The van der Waals surface area contributed by atoms with E-state index < -0.39 is 11.2 Å². The van der Waals surface area contributed by atoms with Crippen molar-refractivity contribution in [1.29, 1.82) is 0 Å². The summed E-state index contributed by atoms with van der Waals surface area (Å²) >= 11 is 1.39. The van der Waals surface area contributed by atoms with Crippen LogP contribution in [-0.2, 0) is 13.6 Å². The topological polar surface area (TPSA) is 92.9 Å². The molecule has 21 heavy (non-hydrogen) atoms. The molecular weight excluding hydrogens is 292 g/mol. The Morgan fingerprint density at radius 1 is 1.33 bits per heavy atom. The highest BCUT2D eigenvalue weighted by Crippen LogP contribution is 2.21. The van der Waals surface area contributed by atoms with Gasteiger partial charge in [-0.3, -0.25) is 14.3 Å².